The van der Waals surface area contributed by atoms with E-state index in [1.807, 2.05) is 0 Å². The van der Waals surface area contributed by atoms with Crippen LogP contribution in [0.2, 0.25) is 5.02 Å². The largest absolute Gasteiger partial charge is 0.506 e. The van der Waals surface area contributed by atoms with E-state index < -0.39 is 5.97 Å². The number of phenols is 2. The maximum atomic E-state index is 12.1. The summed E-state index contributed by atoms with van der Waals surface area (Å²) < 4.78 is 11.1. The molecule has 1 aromatic heterocycles. The molecule has 0 aliphatic carbocycles. The lowest BCUT2D eigenvalue weighted by molar-refractivity contribution is 0.0595. The average Bonchev–Trinajstić information content (AvgIpc) is 3.08. The van der Waals surface area contributed by atoms with E-state index in [4.69, 9.17) is 21.1 Å². The fourth-order valence-corrected chi connectivity index (χ4v) is 2.56. The quantitative estimate of drug-likeness (QED) is 0.675. The molecule has 2 aromatic carbocycles. The summed E-state index contributed by atoms with van der Waals surface area (Å²) in [5.74, 6) is -0.635. The van der Waals surface area contributed by atoms with Crippen LogP contribution in [0.1, 0.15) is 10.5 Å². The minimum atomic E-state index is -0.688. The van der Waals surface area contributed by atoms with Gasteiger partial charge in [-0.3, -0.25) is 0 Å². The number of carbonyl (C=O) groups is 1. The summed E-state index contributed by atoms with van der Waals surface area (Å²) in [7, 11) is 2.77. The number of carbonyl (C=O) groups excluding carboxylic acids is 1. The van der Waals surface area contributed by atoms with Gasteiger partial charge in [-0.15, -0.1) is 5.10 Å². The van der Waals surface area contributed by atoms with Gasteiger partial charge < -0.3 is 19.7 Å². The molecule has 0 atom stereocenters. The molecule has 0 aliphatic rings. The lowest BCUT2D eigenvalue weighted by atomic mass is 10.1. The molecular weight excluding hydrogens is 362 g/mol. The van der Waals surface area contributed by atoms with Crippen molar-refractivity contribution in [1.29, 1.82) is 0 Å². The number of phenolic OH excluding ortho intramolecular Hbond substituents is 2. The number of methoxy groups -OCH3 is 2. The third-order valence-corrected chi connectivity index (χ3v) is 3.99. The van der Waals surface area contributed by atoms with E-state index in [1.54, 1.807) is 24.3 Å². The van der Waals surface area contributed by atoms with Crippen molar-refractivity contribution in [2.45, 2.75) is 0 Å². The van der Waals surface area contributed by atoms with E-state index in [2.05, 4.69) is 10.3 Å². The summed E-state index contributed by atoms with van der Waals surface area (Å²) in [4.78, 5) is 12.1. The van der Waals surface area contributed by atoms with Gasteiger partial charge in [0.15, 0.2) is 5.69 Å². The number of esters is 1. The Balaban J connectivity index is 2.25. The van der Waals surface area contributed by atoms with Crippen molar-refractivity contribution in [2.24, 2.45) is 0 Å². The van der Waals surface area contributed by atoms with Gasteiger partial charge in [-0.2, -0.15) is 0 Å². The number of aromatic hydroxyl groups is 2. The SMILES string of the molecule is COC(=O)c1nnn(-c2cc(Cl)c(O)cc2O)c1-c1ccc(OC)cc1. The maximum absolute atomic E-state index is 12.1. The van der Waals surface area contributed by atoms with Crippen molar-refractivity contribution >= 4 is 17.6 Å². The molecule has 8 nitrogen and oxygen atoms in total. The first-order chi connectivity index (χ1) is 12.5. The standard InChI is InChI=1S/C17H14ClN3O5/c1-25-10-5-3-9(4-6-10)16-15(17(24)26-2)19-20-21(16)12-7-11(18)13(22)8-14(12)23/h3-8,22-23H,1-2H3. The van der Waals surface area contributed by atoms with Crippen LogP contribution < -0.4 is 4.74 Å². The van der Waals surface area contributed by atoms with E-state index in [-0.39, 0.29) is 33.6 Å². The molecule has 0 unspecified atom stereocenters. The molecule has 0 fully saturated rings. The number of nitrogens with zero attached hydrogens (tertiary/aromatic N) is 3. The van der Waals surface area contributed by atoms with Crippen molar-refractivity contribution in [3.8, 4) is 34.2 Å². The van der Waals surface area contributed by atoms with Crippen LogP contribution in [0.4, 0.5) is 0 Å². The number of halogens is 1. The van der Waals surface area contributed by atoms with Crippen LogP contribution >= 0.6 is 11.6 Å². The van der Waals surface area contributed by atoms with Crippen LogP contribution in [0, 0.1) is 0 Å². The third kappa shape index (κ3) is 3.02. The van der Waals surface area contributed by atoms with Crippen LogP contribution in [0.15, 0.2) is 36.4 Å². The fourth-order valence-electron chi connectivity index (χ4n) is 2.40. The van der Waals surface area contributed by atoms with E-state index in [1.165, 1.54) is 25.0 Å². The molecular formula is C17H14ClN3O5. The summed E-state index contributed by atoms with van der Waals surface area (Å²) in [5.41, 5.74) is 0.971. The third-order valence-electron chi connectivity index (χ3n) is 3.68. The van der Waals surface area contributed by atoms with Gasteiger partial charge in [0.1, 0.15) is 28.6 Å². The fraction of sp³-hybridized carbons (Fsp3) is 0.118. The van der Waals surface area contributed by atoms with Crippen molar-refractivity contribution in [2.75, 3.05) is 14.2 Å². The number of hydrogen-bond donors (Lipinski definition) is 2. The van der Waals surface area contributed by atoms with Gasteiger partial charge in [-0.25, -0.2) is 9.48 Å². The van der Waals surface area contributed by atoms with Gasteiger partial charge in [0.05, 0.1) is 19.2 Å². The summed E-state index contributed by atoms with van der Waals surface area (Å²) in [6.45, 7) is 0. The van der Waals surface area contributed by atoms with Crippen molar-refractivity contribution in [1.82, 2.24) is 15.0 Å². The van der Waals surface area contributed by atoms with Crippen LogP contribution in [0.25, 0.3) is 16.9 Å². The molecule has 26 heavy (non-hydrogen) atoms. The van der Waals surface area contributed by atoms with E-state index in [9.17, 15) is 15.0 Å². The number of hydrogen-bond acceptors (Lipinski definition) is 7. The van der Waals surface area contributed by atoms with E-state index in [0.29, 0.717) is 11.3 Å². The highest BCUT2D eigenvalue weighted by Crippen LogP contribution is 2.36. The zero-order valence-electron chi connectivity index (χ0n) is 13.8. The predicted octanol–water partition coefficient (Wildman–Crippen LogP) is 2.79. The molecule has 0 saturated carbocycles. The number of rotatable bonds is 4. The van der Waals surface area contributed by atoms with Gasteiger partial charge in [0.25, 0.3) is 0 Å². The van der Waals surface area contributed by atoms with Crippen LogP contribution in [-0.2, 0) is 4.74 Å². The molecule has 0 spiro atoms. The zero-order valence-corrected chi connectivity index (χ0v) is 14.6. The van der Waals surface area contributed by atoms with Crippen molar-refractivity contribution < 1.29 is 24.5 Å². The Kier molecular flexibility index (Phi) is 4.68. The number of ether oxygens (including phenoxy) is 2. The molecule has 0 amide bonds. The van der Waals surface area contributed by atoms with Crippen LogP contribution in [0.3, 0.4) is 0 Å². The van der Waals surface area contributed by atoms with Gasteiger partial charge >= 0.3 is 5.97 Å². The molecule has 1 heterocycles. The Hall–Kier alpha value is -3.26. The lowest BCUT2D eigenvalue weighted by Crippen LogP contribution is -2.06. The van der Waals surface area contributed by atoms with Gasteiger partial charge in [0, 0.05) is 11.6 Å². The molecule has 3 aromatic rings. The predicted molar refractivity (Wildman–Crippen MR) is 93.0 cm³/mol. The van der Waals surface area contributed by atoms with Crippen LogP contribution in [0.5, 0.6) is 17.2 Å². The Morgan fingerprint density at radius 1 is 1.12 bits per heavy atom. The Labute approximate surface area is 153 Å². The molecule has 2 N–H and O–H groups in total. The Morgan fingerprint density at radius 2 is 1.81 bits per heavy atom. The second kappa shape index (κ2) is 6.93. The van der Waals surface area contributed by atoms with Gasteiger partial charge in [0.2, 0.25) is 0 Å². The highest BCUT2D eigenvalue weighted by atomic mass is 35.5. The average molecular weight is 376 g/mol. The molecule has 9 heteroatoms. The lowest BCUT2D eigenvalue weighted by Gasteiger charge is -2.11. The minimum Gasteiger partial charge on any atom is -0.506 e. The minimum absolute atomic E-state index is 0.00796. The molecule has 0 bridgehead atoms. The van der Waals surface area contributed by atoms with Gasteiger partial charge in [-0.05, 0) is 30.3 Å². The van der Waals surface area contributed by atoms with E-state index in [0.717, 1.165) is 6.07 Å². The maximum Gasteiger partial charge on any atom is 0.360 e. The van der Waals surface area contributed by atoms with E-state index >= 15 is 0 Å². The first-order valence-electron chi connectivity index (χ1n) is 7.36. The molecule has 0 radical (unpaired) electrons. The molecule has 3 rings (SSSR count). The highest BCUT2D eigenvalue weighted by molar-refractivity contribution is 6.32. The molecule has 134 valence electrons. The first-order valence-corrected chi connectivity index (χ1v) is 7.74. The Morgan fingerprint density at radius 3 is 2.42 bits per heavy atom. The summed E-state index contributed by atoms with van der Waals surface area (Å²) in [6.07, 6.45) is 0. The second-order valence-electron chi connectivity index (χ2n) is 5.21. The summed E-state index contributed by atoms with van der Waals surface area (Å²) in [5, 5.41) is 27.6. The highest BCUT2D eigenvalue weighted by Gasteiger charge is 2.24. The van der Waals surface area contributed by atoms with Crippen LogP contribution in [-0.4, -0.2) is 45.4 Å². The monoisotopic (exact) mass is 375 g/mol. The first kappa shape index (κ1) is 17.6. The Bertz CT molecular complexity index is 969. The van der Waals surface area contributed by atoms with Crippen molar-refractivity contribution in [3.63, 3.8) is 0 Å². The second-order valence-corrected chi connectivity index (χ2v) is 5.62. The smallest absolute Gasteiger partial charge is 0.360 e. The summed E-state index contributed by atoms with van der Waals surface area (Å²) in [6, 6.07) is 9.22. The van der Waals surface area contributed by atoms with Gasteiger partial charge in [-0.1, -0.05) is 16.8 Å². The van der Waals surface area contributed by atoms with Crippen molar-refractivity contribution in [3.05, 3.63) is 47.1 Å². The zero-order chi connectivity index (χ0) is 18.8. The number of benzene rings is 2. The molecule has 0 aliphatic heterocycles. The molecule has 0 saturated heterocycles. The normalized spacial score (nSPS) is 10.6. The summed E-state index contributed by atoms with van der Waals surface area (Å²) >= 11 is 5.94. The topological polar surface area (TPSA) is 107 Å². The number of aromatic nitrogens is 3.